The monoisotopic (exact) mass is 269 g/mol. The van der Waals surface area contributed by atoms with E-state index in [1.807, 2.05) is 12.1 Å². The van der Waals surface area contributed by atoms with Gasteiger partial charge in [-0.25, -0.2) is 0 Å². The van der Waals surface area contributed by atoms with Gasteiger partial charge in [-0.15, -0.1) is 0 Å². The van der Waals surface area contributed by atoms with E-state index < -0.39 is 0 Å². The van der Waals surface area contributed by atoms with Crippen LogP contribution in [0.5, 0.6) is 0 Å². The summed E-state index contributed by atoms with van der Waals surface area (Å²) in [6.45, 7) is 4.60. The number of rotatable bonds is 2. The van der Waals surface area contributed by atoms with Gasteiger partial charge in [-0.1, -0.05) is 28.9 Å². The van der Waals surface area contributed by atoms with E-state index in [-0.39, 0.29) is 6.61 Å². The second-order valence-electron chi connectivity index (χ2n) is 4.27. The second kappa shape index (κ2) is 4.54. The molecule has 1 saturated heterocycles. The number of hydrogen-bond donors (Lipinski definition) is 1. The maximum atomic E-state index is 9.29. The normalized spacial score (nSPS) is 21.0. The average molecular weight is 270 g/mol. The van der Waals surface area contributed by atoms with E-state index >= 15 is 0 Å². The fourth-order valence-corrected chi connectivity index (χ4v) is 2.47. The fraction of sp³-hybridized carbons (Fsp3) is 0.500. The van der Waals surface area contributed by atoms with Gasteiger partial charge in [0.05, 0.1) is 6.61 Å². The minimum absolute atomic E-state index is 0.119. The SMILES string of the molecule is CC1CCN(c2cc(Br)ccc2CO)C1. The number of nitrogens with zero attached hydrogens (tertiary/aromatic N) is 1. The molecule has 0 radical (unpaired) electrons. The number of aliphatic hydroxyl groups is 1. The van der Waals surface area contributed by atoms with Crippen molar-refractivity contribution in [3.8, 4) is 0 Å². The molecule has 1 N–H and O–H groups in total. The van der Waals surface area contributed by atoms with Crippen LogP contribution in [0.3, 0.4) is 0 Å². The summed E-state index contributed by atoms with van der Waals surface area (Å²) in [6.07, 6.45) is 1.25. The van der Waals surface area contributed by atoms with Crippen molar-refractivity contribution >= 4 is 21.6 Å². The quantitative estimate of drug-likeness (QED) is 0.893. The molecule has 1 unspecified atom stereocenters. The molecule has 2 rings (SSSR count). The summed E-state index contributed by atoms with van der Waals surface area (Å²) in [6, 6.07) is 6.07. The van der Waals surface area contributed by atoms with Crippen LogP contribution in [0.25, 0.3) is 0 Å². The predicted molar refractivity (Wildman–Crippen MR) is 66.1 cm³/mol. The first-order chi connectivity index (χ1) is 7.20. The maximum absolute atomic E-state index is 9.29. The van der Waals surface area contributed by atoms with Gasteiger partial charge in [-0.3, -0.25) is 0 Å². The van der Waals surface area contributed by atoms with Gasteiger partial charge in [0, 0.05) is 28.8 Å². The van der Waals surface area contributed by atoms with Gasteiger partial charge in [0.25, 0.3) is 0 Å². The number of aliphatic hydroxyl groups excluding tert-OH is 1. The van der Waals surface area contributed by atoms with Gasteiger partial charge < -0.3 is 10.0 Å². The largest absolute Gasteiger partial charge is 0.392 e. The Balaban J connectivity index is 2.29. The van der Waals surface area contributed by atoms with Crippen molar-refractivity contribution in [2.45, 2.75) is 20.0 Å². The van der Waals surface area contributed by atoms with E-state index in [0.717, 1.165) is 29.0 Å². The Morgan fingerprint density at radius 3 is 2.93 bits per heavy atom. The molecule has 3 heteroatoms. The third kappa shape index (κ3) is 2.34. The van der Waals surface area contributed by atoms with Crippen molar-refractivity contribution in [3.63, 3.8) is 0 Å². The first-order valence-corrected chi connectivity index (χ1v) is 6.14. The third-order valence-corrected chi connectivity index (χ3v) is 3.48. The Morgan fingerprint density at radius 1 is 1.53 bits per heavy atom. The van der Waals surface area contributed by atoms with Crippen molar-refractivity contribution in [3.05, 3.63) is 28.2 Å². The van der Waals surface area contributed by atoms with Crippen molar-refractivity contribution < 1.29 is 5.11 Å². The molecular weight excluding hydrogens is 254 g/mol. The zero-order valence-corrected chi connectivity index (χ0v) is 10.5. The highest BCUT2D eigenvalue weighted by atomic mass is 79.9. The summed E-state index contributed by atoms with van der Waals surface area (Å²) in [5, 5.41) is 9.29. The second-order valence-corrected chi connectivity index (χ2v) is 5.19. The van der Waals surface area contributed by atoms with Crippen LogP contribution in [0, 0.1) is 5.92 Å². The molecule has 1 fully saturated rings. The van der Waals surface area contributed by atoms with Crippen LogP contribution in [-0.4, -0.2) is 18.2 Å². The molecule has 2 nitrogen and oxygen atoms in total. The number of halogens is 1. The minimum atomic E-state index is 0.119. The smallest absolute Gasteiger partial charge is 0.0702 e. The lowest BCUT2D eigenvalue weighted by Gasteiger charge is -2.21. The van der Waals surface area contributed by atoms with E-state index in [4.69, 9.17) is 0 Å². The number of benzene rings is 1. The summed E-state index contributed by atoms with van der Waals surface area (Å²) in [7, 11) is 0. The van der Waals surface area contributed by atoms with E-state index in [2.05, 4.69) is 33.8 Å². The van der Waals surface area contributed by atoms with E-state index in [0.29, 0.717) is 0 Å². The highest BCUT2D eigenvalue weighted by Gasteiger charge is 2.20. The van der Waals surface area contributed by atoms with E-state index in [1.54, 1.807) is 0 Å². The summed E-state index contributed by atoms with van der Waals surface area (Å²) < 4.78 is 1.08. The van der Waals surface area contributed by atoms with Crippen LogP contribution in [0.15, 0.2) is 22.7 Å². The van der Waals surface area contributed by atoms with Gasteiger partial charge >= 0.3 is 0 Å². The molecule has 1 heterocycles. The van der Waals surface area contributed by atoms with Crippen LogP contribution in [0.2, 0.25) is 0 Å². The van der Waals surface area contributed by atoms with Crippen molar-refractivity contribution in [1.82, 2.24) is 0 Å². The van der Waals surface area contributed by atoms with Crippen molar-refractivity contribution in [2.24, 2.45) is 5.92 Å². The van der Waals surface area contributed by atoms with Gasteiger partial charge in [0.2, 0.25) is 0 Å². The third-order valence-electron chi connectivity index (χ3n) is 2.98. The predicted octanol–water partition coefficient (Wildman–Crippen LogP) is 2.79. The lowest BCUT2D eigenvalue weighted by Crippen LogP contribution is -2.20. The highest BCUT2D eigenvalue weighted by Crippen LogP contribution is 2.29. The van der Waals surface area contributed by atoms with Crippen LogP contribution in [0.4, 0.5) is 5.69 Å². The standard InChI is InChI=1S/C12H16BrNO/c1-9-4-5-14(7-9)12-6-11(13)3-2-10(12)8-15/h2-3,6,9,15H,4-5,7-8H2,1H3. The Hall–Kier alpha value is -0.540. The Bertz CT molecular complexity index is 353. The lowest BCUT2D eigenvalue weighted by molar-refractivity contribution is 0.282. The Kier molecular flexibility index (Phi) is 3.32. The van der Waals surface area contributed by atoms with Crippen molar-refractivity contribution in [2.75, 3.05) is 18.0 Å². The molecule has 1 atom stereocenters. The van der Waals surface area contributed by atoms with Gasteiger partial charge in [-0.05, 0) is 24.5 Å². The molecule has 15 heavy (non-hydrogen) atoms. The average Bonchev–Trinajstić information content (AvgIpc) is 2.65. The van der Waals surface area contributed by atoms with Gasteiger partial charge in [0.15, 0.2) is 0 Å². The maximum Gasteiger partial charge on any atom is 0.0702 e. The minimum Gasteiger partial charge on any atom is -0.392 e. The van der Waals surface area contributed by atoms with Gasteiger partial charge in [-0.2, -0.15) is 0 Å². The molecule has 1 aromatic rings. The first kappa shape index (κ1) is 11.0. The molecular formula is C12H16BrNO. The summed E-state index contributed by atoms with van der Waals surface area (Å²) in [5.41, 5.74) is 2.20. The molecule has 82 valence electrons. The van der Waals surface area contributed by atoms with Crippen LogP contribution in [-0.2, 0) is 6.61 Å². The topological polar surface area (TPSA) is 23.5 Å². The summed E-state index contributed by atoms with van der Waals surface area (Å²) >= 11 is 3.48. The van der Waals surface area contributed by atoms with Crippen LogP contribution in [0.1, 0.15) is 18.9 Å². The van der Waals surface area contributed by atoms with E-state index in [9.17, 15) is 5.11 Å². The Morgan fingerprint density at radius 2 is 2.33 bits per heavy atom. The molecule has 1 aliphatic heterocycles. The summed E-state index contributed by atoms with van der Waals surface area (Å²) in [5.74, 6) is 0.760. The van der Waals surface area contributed by atoms with Crippen LogP contribution >= 0.6 is 15.9 Å². The van der Waals surface area contributed by atoms with Crippen molar-refractivity contribution in [1.29, 1.82) is 0 Å². The zero-order chi connectivity index (χ0) is 10.8. The summed E-state index contributed by atoms with van der Waals surface area (Å²) in [4.78, 5) is 2.36. The zero-order valence-electron chi connectivity index (χ0n) is 8.91. The molecule has 0 saturated carbocycles. The molecule has 1 aliphatic rings. The molecule has 0 bridgehead atoms. The van der Waals surface area contributed by atoms with Crippen LogP contribution < -0.4 is 4.90 Å². The fourth-order valence-electron chi connectivity index (χ4n) is 2.12. The molecule has 0 amide bonds. The molecule has 1 aromatic carbocycles. The Labute approximate surface area is 99.0 Å². The van der Waals surface area contributed by atoms with E-state index in [1.165, 1.54) is 12.1 Å². The number of anilines is 1. The molecule has 0 aromatic heterocycles. The highest BCUT2D eigenvalue weighted by molar-refractivity contribution is 9.10. The molecule has 0 spiro atoms. The lowest BCUT2D eigenvalue weighted by atomic mass is 10.1. The van der Waals surface area contributed by atoms with Gasteiger partial charge in [0.1, 0.15) is 0 Å². The first-order valence-electron chi connectivity index (χ1n) is 5.35. The molecule has 0 aliphatic carbocycles. The number of hydrogen-bond acceptors (Lipinski definition) is 2.